The molecule has 0 N–H and O–H groups in total. The Morgan fingerprint density at radius 1 is 1.56 bits per heavy atom. The van der Waals surface area contributed by atoms with Gasteiger partial charge in [0.2, 0.25) is 0 Å². The summed E-state index contributed by atoms with van der Waals surface area (Å²) in [4.78, 5) is 22.2. The van der Waals surface area contributed by atoms with Crippen molar-refractivity contribution in [2.45, 2.75) is 26.1 Å². The first-order valence-corrected chi connectivity index (χ1v) is 5.49. The average molecular weight is 243 g/mol. The molecule has 0 aliphatic heterocycles. The Morgan fingerprint density at radius 3 is 2.75 bits per heavy atom. The molecule has 0 aromatic heterocycles. The number of ketones is 1. The van der Waals surface area contributed by atoms with Gasteiger partial charge in [-0.25, -0.2) is 0 Å². The van der Waals surface area contributed by atoms with Gasteiger partial charge in [0, 0.05) is 17.9 Å². The summed E-state index contributed by atoms with van der Waals surface area (Å²) in [6, 6.07) is 0. The van der Waals surface area contributed by atoms with Gasteiger partial charge in [0.25, 0.3) is 0 Å². The van der Waals surface area contributed by atoms with Crippen molar-refractivity contribution < 1.29 is 14.3 Å². The summed E-state index contributed by atoms with van der Waals surface area (Å²) in [7, 11) is 0. The van der Waals surface area contributed by atoms with Crippen molar-refractivity contribution in [2.75, 3.05) is 6.61 Å². The van der Waals surface area contributed by atoms with Gasteiger partial charge in [0.05, 0.1) is 5.38 Å². The van der Waals surface area contributed by atoms with E-state index in [1.54, 1.807) is 0 Å². The molecule has 0 saturated carbocycles. The zero-order valence-electron chi connectivity index (χ0n) is 9.62. The number of rotatable bonds is 3. The van der Waals surface area contributed by atoms with E-state index in [2.05, 4.69) is 0 Å². The zero-order valence-corrected chi connectivity index (χ0v) is 10.4. The Kier molecular flexibility index (Phi) is 3.92. The number of carbonyl (C=O) groups excluding carboxylic acids is 2. The van der Waals surface area contributed by atoms with Crippen molar-refractivity contribution in [3.63, 3.8) is 0 Å². The van der Waals surface area contributed by atoms with Crippen LogP contribution >= 0.6 is 11.6 Å². The van der Waals surface area contributed by atoms with Crippen molar-refractivity contribution >= 4 is 23.4 Å². The third-order valence-electron chi connectivity index (χ3n) is 2.25. The molecule has 1 rings (SSSR count). The van der Waals surface area contributed by atoms with E-state index in [-0.39, 0.29) is 17.8 Å². The highest BCUT2D eigenvalue weighted by Gasteiger charge is 2.25. The highest BCUT2D eigenvalue weighted by Crippen LogP contribution is 2.28. The van der Waals surface area contributed by atoms with Gasteiger partial charge >= 0.3 is 5.97 Å². The maximum atomic E-state index is 11.6. The zero-order chi connectivity index (χ0) is 12.3. The normalized spacial score (nSPS) is 20.2. The average Bonchev–Trinajstić information content (AvgIpc) is 2.18. The minimum atomic E-state index is -0.583. The molecule has 0 aromatic carbocycles. The quantitative estimate of drug-likeness (QED) is 0.563. The summed E-state index contributed by atoms with van der Waals surface area (Å²) < 4.78 is 4.79. The summed E-state index contributed by atoms with van der Waals surface area (Å²) in [5, 5.41) is -0.583. The fourth-order valence-electron chi connectivity index (χ4n) is 1.43. The molecular weight excluding hydrogens is 228 g/mol. The first-order chi connectivity index (χ1) is 7.32. The predicted octanol–water partition coefficient (Wildman–Crippen LogP) is 2.25. The van der Waals surface area contributed by atoms with E-state index in [1.165, 1.54) is 13.0 Å². The van der Waals surface area contributed by atoms with E-state index in [4.69, 9.17) is 16.3 Å². The lowest BCUT2D eigenvalue weighted by Gasteiger charge is -2.23. The molecule has 16 heavy (non-hydrogen) atoms. The van der Waals surface area contributed by atoms with E-state index in [1.807, 2.05) is 26.0 Å². The monoisotopic (exact) mass is 242 g/mol. The number of hydrogen-bond donors (Lipinski definition) is 0. The van der Waals surface area contributed by atoms with E-state index >= 15 is 0 Å². The maximum absolute atomic E-state index is 11.6. The molecule has 1 aliphatic rings. The summed E-state index contributed by atoms with van der Waals surface area (Å²) in [5.41, 5.74) is 0.308. The molecule has 0 bridgehead atoms. The second kappa shape index (κ2) is 4.83. The smallest absolute Gasteiger partial charge is 0.302 e. The SMILES string of the molecule is CC(=O)OCC(Cl)C1=CC(C)(C)C=CC1=O. The number of ether oxygens (including phenoxy) is 1. The molecule has 4 heteroatoms. The lowest BCUT2D eigenvalue weighted by molar-refractivity contribution is -0.140. The number of esters is 1. The van der Waals surface area contributed by atoms with Gasteiger partial charge in [0.1, 0.15) is 6.61 Å². The van der Waals surface area contributed by atoms with Gasteiger partial charge in [-0.2, -0.15) is 0 Å². The van der Waals surface area contributed by atoms with Crippen LogP contribution in [0.5, 0.6) is 0 Å². The number of halogens is 1. The van der Waals surface area contributed by atoms with Crippen LogP contribution < -0.4 is 0 Å². The molecule has 88 valence electrons. The Balaban J connectivity index is 2.74. The van der Waals surface area contributed by atoms with E-state index in [0.717, 1.165) is 0 Å². The van der Waals surface area contributed by atoms with Crippen molar-refractivity contribution in [2.24, 2.45) is 5.41 Å². The number of allylic oxidation sites excluding steroid dienone is 3. The van der Waals surface area contributed by atoms with E-state index < -0.39 is 11.3 Å². The molecule has 0 amide bonds. The molecule has 0 spiro atoms. The van der Waals surface area contributed by atoms with Crippen molar-refractivity contribution in [1.82, 2.24) is 0 Å². The van der Waals surface area contributed by atoms with Crippen LogP contribution in [0, 0.1) is 5.41 Å². The fraction of sp³-hybridized carbons (Fsp3) is 0.500. The predicted molar refractivity (Wildman–Crippen MR) is 62.3 cm³/mol. The molecule has 0 heterocycles. The second-order valence-corrected chi connectivity index (χ2v) is 4.92. The summed E-state index contributed by atoms with van der Waals surface area (Å²) in [6.45, 7) is 5.29. The number of carbonyl (C=O) groups is 2. The number of alkyl halides is 1. The molecule has 0 saturated heterocycles. The summed E-state index contributed by atoms with van der Waals surface area (Å²) >= 11 is 6.03. The molecule has 1 atom stereocenters. The lowest BCUT2D eigenvalue weighted by Crippen LogP contribution is -2.24. The molecule has 1 unspecified atom stereocenters. The van der Waals surface area contributed by atoms with Gasteiger partial charge in [0.15, 0.2) is 5.78 Å². The van der Waals surface area contributed by atoms with Gasteiger partial charge in [-0.15, -0.1) is 11.6 Å². The second-order valence-electron chi connectivity index (χ2n) is 4.39. The third kappa shape index (κ3) is 3.49. The van der Waals surface area contributed by atoms with Gasteiger partial charge in [-0.05, 0) is 6.08 Å². The summed E-state index contributed by atoms with van der Waals surface area (Å²) in [5.74, 6) is -0.518. The van der Waals surface area contributed by atoms with Crippen LogP contribution in [0.4, 0.5) is 0 Å². The third-order valence-corrected chi connectivity index (χ3v) is 2.61. The minimum absolute atomic E-state index is 0.0262. The van der Waals surface area contributed by atoms with E-state index in [0.29, 0.717) is 5.57 Å². The fourth-order valence-corrected chi connectivity index (χ4v) is 1.67. The Hall–Kier alpha value is -1.09. The highest BCUT2D eigenvalue weighted by atomic mass is 35.5. The summed E-state index contributed by atoms with van der Waals surface area (Å²) in [6.07, 6.45) is 5.16. The lowest BCUT2D eigenvalue weighted by atomic mass is 9.84. The minimum Gasteiger partial charge on any atom is -0.464 e. The molecular formula is C12H15ClO3. The van der Waals surface area contributed by atoms with Gasteiger partial charge in [-0.3, -0.25) is 9.59 Å². The standard InChI is InChI=1S/C12H15ClO3/c1-8(14)16-7-10(13)9-6-12(2,3)5-4-11(9)15/h4-6,10H,7H2,1-3H3. The first-order valence-electron chi connectivity index (χ1n) is 5.05. The Bertz CT molecular complexity index is 366. The molecule has 0 radical (unpaired) electrons. The van der Waals surface area contributed by atoms with Gasteiger partial charge < -0.3 is 4.74 Å². The van der Waals surface area contributed by atoms with Crippen LogP contribution in [-0.2, 0) is 14.3 Å². The Labute approximate surface area is 100 Å². The van der Waals surface area contributed by atoms with Crippen LogP contribution in [0.15, 0.2) is 23.8 Å². The van der Waals surface area contributed by atoms with Crippen LogP contribution in [-0.4, -0.2) is 23.7 Å². The van der Waals surface area contributed by atoms with Crippen molar-refractivity contribution in [3.05, 3.63) is 23.8 Å². The molecule has 1 aliphatic carbocycles. The van der Waals surface area contributed by atoms with E-state index in [9.17, 15) is 9.59 Å². The first kappa shape index (κ1) is 13.0. The highest BCUT2D eigenvalue weighted by molar-refractivity contribution is 6.27. The molecule has 0 fully saturated rings. The number of hydrogen-bond acceptors (Lipinski definition) is 3. The molecule has 3 nitrogen and oxygen atoms in total. The maximum Gasteiger partial charge on any atom is 0.302 e. The van der Waals surface area contributed by atoms with Gasteiger partial charge in [-0.1, -0.05) is 26.0 Å². The van der Waals surface area contributed by atoms with Crippen LogP contribution in [0.1, 0.15) is 20.8 Å². The van der Waals surface area contributed by atoms with Crippen LogP contribution in [0.3, 0.4) is 0 Å². The van der Waals surface area contributed by atoms with Crippen LogP contribution in [0.25, 0.3) is 0 Å². The molecule has 0 aromatic rings. The van der Waals surface area contributed by atoms with Crippen molar-refractivity contribution in [1.29, 1.82) is 0 Å². The largest absolute Gasteiger partial charge is 0.464 e. The Morgan fingerprint density at radius 2 is 2.19 bits per heavy atom. The van der Waals surface area contributed by atoms with Crippen molar-refractivity contribution in [3.8, 4) is 0 Å². The van der Waals surface area contributed by atoms with Crippen LogP contribution in [0.2, 0.25) is 0 Å². The topological polar surface area (TPSA) is 43.4 Å².